The van der Waals surface area contributed by atoms with E-state index in [4.69, 9.17) is 4.52 Å². The van der Waals surface area contributed by atoms with Crippen molar-refractivity contribution in [3.8, 4) is 0 Å². The lowest BCUT2D eigenvalue weighted by Gasteiger charge is -2.13. The number of carbonyl (C=O) groups is 1. The second kappa shape index (κ2) is 5.98. The van der Waals surface area contributed by atoms with Gasteiger partial charge < -0.3 is 9.84 Å². The molecule has 0 saturated heterocycles. The standard InChI is InChI=1S/C18H21N5O2/c1-4-23-8-7-14(21-23)10(2)19-17(24)13-9-15(12-5-6-12)20-18-16(13)11(3)22-25-18/h7-10,12H,4-6H2,1-3H3,(H,19,24)/t10-/m0/s1. The van der Waals surface area contributed by atoms with Gasteiger partial charge in [0.1, 0.15) is 0 Å². The van der Waals surface area contributed by atoms with Crippen molar-refractivity contribution in [1.82, 2.24) is 25.2 Å². The molecule has 1 aliphatic rings. The number of nitrogens with zero attached hydrogens (tertiary/aromatic N) is 4. The van der Waals surface area contributed by atoms with Crippen molar-refractivity contribution in [3.63, 3.8) is 0 Å². The van der Waals surface area contributed by atoms with Gasteiger partial charge in [0.15, 0.2) is 0 Å². The van der Waals surface area contributed by atoms with Crippen molar-refractivity contribution in [3.05, 3.63) is 41.0 Å². The van der Waals surface area contributed by atoms with E-state index in [1.807, 2.05) is 43.8 Å². The number of pyridine rings is 1. The lowest BCUT2D eigenvalue weighted by Crippen LogP contribution is -2.27. The van der Waals surface area contributed by atoms with Gasteiger partial charge in [-0.05, 0) is 45.7 Å². The maximum Gasteiger partial charge on any atom is 0.259 e. The highest BCUT2D eigenvalue weighted by Crippen LogP contribution is 2.40. The van der Waals surface area contributed by atoms with Gasteiger partial charge >= 0.3 is 0 Å². The van der Waals surface area contributed by atoms with Gasteiger partial charge in [-0.25, -0.2) is 4.98 Å². The number of fused-ring (bicyclic) bond motifs is 1. The minimum atomic E-state index is -0.187. The molecular weight excluding hydrogens is 318 g/mol. The molecule has 4 rings (SSSR count). The summed E-state index contributed by atoms with van der Waals surface area (Å²) in [6, 6.07) is 3.63. The normalized spacial score (nSPS) is 15.5. The number of rotatable bonds is 5. The molecule has 3 heterocycles. The number of aromatic nitrogens is 4. The molecular formula is C18H21N5O2. The second-order valence-corrected chi connectivity index (χ2v) is 6.61. The molecule has 7 heteroatoms. The maximum absolute atomic E-state index is 12.9. The Hall–Kier alpha value is -2.70. The van der Waals surface area contributed by atoms with Crippen molar-refractivity contribution < 1.29 is 9.32 Å². The zero-order valence-electron chi connectivity index (χ0n) is 14.6. The van der Waals surface area contributed by atoms with Gasteiger partial charge in [0.2, 0.25) is 0 Å². The molecule has 0 radical (unpaired) electrons. The minimum absolute atomic E-state index is 0.154. The van der Waals surface area contributed by atoms with Gasteiger partial charge in [0.05, 0.1) is 28.4 Å². The van der Waals surface area contributed by atoms with Crippen molar-refractivity contribution >= 4 is 17.0 Å². The molecule has 1 saturated carbocycles. The average Bonchev–Trinajstić information content (AvgIpc) is 3.23. The van der Waals surface area contributed by atoms with Crippen LogP contribution in [0.2, 0.25) is 0 Å². The Morgan fingerprint density at radius 1 is 1.48 bits per heavy atom. The number of hydrogen-bond acceptors (Lipinski definition) is 5. The minimum Gasteiger partial charge on any atom is -0.344 e. The van der Waals surface area contributed by atoms with Crippen molar-refractivity contribution in [2.75, 3.05) is 0 Å². The highest BCUT2D eigenvalue weighted by atomic mass is 16.5. The fourth-order valence-electron chi connectivity index (χ4n) is 3.01. The van der Waals surface area contributed by atoms with Crippen LogP contribution in [0.15, 0.2) is 22.9 Å². The summed E-state index contributed by atoms with van der Waals surface area (Å²) in [4.78, 5) is 17.4. The SMILES string of the molecule is CCn1ccc([C@H](C)NC(=O)c2cc(C3CC3)nc3onc(C)c23)n1. The zero-order chi connectivity index (χ0) is 17.6. The topological polar surface area (TPSA) is 85.8 Å². The fourth-order valence-corrected chi connectivity index (χ4v) is 3.01. The van der Waals surface area contributed by atoms with E-state index < -0.39 is 0 Å². The summed E-state index contributed by atoms with van der Waals surface area (Å²) in [5.74, 6) is 0.276. The number of nitrogens with one attached hydrogen (secondary N) is 1. The molecule has 3 aromatic rings. The predicted octanol–water partition coefficient (Wildman–Crippen LogP) is 3.12. The van der Waals surface area contributed by atoms with E-state index in [2.05, 4.69) is 20.6 Å². The van der Waals surface area contributed by atoms with Gasteiger partial charge in [-0.2, -0.15) is 5.10 Å². The molecule has 1 fully saturated rings. The van der Waals surface area contributed by atoms with Crippen molar-refractivity contribution in [1.29, 1.82) is 0 Å². The van der Waals surface area contributed by atoms with E-state index >= 15 is 0 Å². The summed E-state index contributed by atoms with van der Waals surface area (Å²) in [6.07, 6.45) is 4.13. The van der Waals surface area contributed by atoms with Crippen LogP contribution in [0.1, 0.15) is 66.1 Å². The Kier molecular flexibility index (Phi) is 3.78. The third-order valence-corrected chi connectivity index (χ3v) is 4.65. The fraction of sp³-hybridized carbons (Fsp3) is 0.444. The Labute approximate surface area is 145 Å². The van der Waals surface area contributed by atoms with Crippen molar-refractivity contribution in [2.24, 2.45) is 0 Å². The molecule has 0 unspecified atom stereocenters. The summed E-state index contributed by atoms with van der Waals surface area (Å²) >= 11 is 0. The lowest BCUT2D eigenvalue weighted by molar-refractivity contribution is 0.0940. The molecule has 3 aromatic heterocycles. The van der Waals surface area contributed by atoms with Crippen LogP contribution in [-0.2, 0) is 6.54 Å². The molecule has 1 atom stereocenters. The van der Waals surface area contributed by atoms with Gasteiger partial charge in [-0.15, -0.1) is 0 Å². The largest absolute Gasteiger partial charge is 0.344 e. The van der Waals surface area contributed by atoms with Crippen LogP contribution in [0.3, 0.4) is 0 Å². The Bertz CT molecular complexity index is 938. The third kappa shape index (κ3) is 2.90. The van der Waals surface area contributed by atoms with Crippen LogP contribution in [-0.4, -0.2) is 25.8 Å². The summed E-state index contributed by atoms with van der Waals surface area (Å²) in [5, 5.41) is 12.2. The van der Waals surface area contributed by atoms with E-state index in [-0.39, 0.29) is 11.9 Å². The number of amides is 1. The molecule has 7 nitrogen and oxygen atoms in total. The van der Waals surface area contributed by atoms with Gasteiger partial charge in [-0.3, -0.25) is 9.48 Å². The van der Waals surface area contributed by atoms with E-state index in [1.54, 1.807) is 0 Å². The highest BCUT2D eigenvalue weighted by molar-refractivity contribution is 6.06. The first-order valence-electron chi connectivity index (χ1n) is 8.68. The van der Waals surface area contributed by atoms with Crippen LogP contribution in [0.25, 0.3) is 11.1 Å². The number of aryl methyl sites for hydroxylation is 2. The number of hydrogen-bond donors (Lipinski definition) is 1. The molecule has 1 amide bonds. The second-order valence-electron chi connectivity index (χ2n) is 6.61. The van der Waals surface area contributed by atoms with Crippen molar-refractivity contribution in [2.45, 2.75) is 52.1 Å². The Morgan fingerprint density at radius 3 is 2.96 bits per heavy atom. The van der Waals surface area contributed by atoms with E-state index in [0.717, 1.165) is 30.8 Å². The molecule has 0 bridgehead atoms. The third-order valence-electron chi connectivity index (χ3n) is 4.65. The van der Waals surface area contributed by atoms with Crippen LogP contribution in [0.5, 0.6) is 0 Å². The summed E-state index contributed by atoms with van der Waals surface area (Å²) in [5.41, 5.74) is 3.45. The first-order chi connectivity index (χ1) is 12.1. The highest BCUT2D eigenvalue weighted by Gasteiger charge is 2.29. The van der Waals surface area contributed by atoms with Crippen LogP contribution >= 0.6 is 0 Å². The lowest BCUT2D eigenvalue weighted by atomic mass is 10.1. The quantitative estimate of drug-likeness (QED) is 0.772. The maximum atomic E-state index is 12.9. The monoisotopic (exact) mass is 339 g/mol. The predicted molar refractivity (Wildman–Crippen MR) is 92.3 cm³/mol. The van der Waals surface area contributed by atoms with E-state index in [9.17, 15) is 4.79 Å². The summed E-state index contributed by atoms with van der Waals surface area (Å²) < 4.78 is 7.15. The molecule has 1 aliphatic carbocycles. The van der Waals surface area contributed by atoms with Gasteiger partial charge in [0.25, 0.3) is 11.6 Å². The Balaban J connectivity index is 1.65. The summed E-state index contributed by atoms with van der Waals surface area (Å²) in [6.45, 7) is 6.59. The van der Waals surface area contributed by atoms with Crippen LogP contribution in [0, 0.1) is 6.92 Å². The van der Waals surface area contributed by atoms with E-state index in [1.165, 1.54) is 0 Å². The molecule has 0 aromatic carbocycles. The smallest absolute Gasteiger partial charge is 0.259 e. The number of carbonyl (C=O) groups excluding carboxylic acids is 1. The van der Waals surface area contributed by atoms with Crippen LogP contribution in [0.4, 0.5) is 0 Å². The first kappa shape index (κ1) is 15.8. The molecule has 1 N–H and O–H groups in total. The average molecular weight is 339 g/mol. The molecule has 25 heavy (non-hydrogen) atoms. The summed E-state index contributed by atoms with van der Waals surface area (Å²) in [7, 11) is 0. The Morgan fingerprint density at radius 2 is 2.28 bits per heavy atom. The van der Waals surface area contributed by atoms with Crippen LogP contribution < -0.4 is 5.32 Å². The van der Waals surface area contributed by atoms with E-state index in [0.29, 0.717) is 28.3 Å². The molecule has 0 spiro atoms. The molecule has 130 valence electrons. The van der Waals surface area contributed by atoms with Gasteiger partial charge in [-0.1, -0.05) is 5.16 Å². The molecule has 0 aliphatic heterocycles. The van der Waals surface area contributed by atoms with Gasteiger partial charge in [0, 0.05) is 24.4 Å². The zero-order valence-corrected chi connectivity index (χ0v) is 14.6. The first-order valence-corrected chi connectivity index (χ1v) is 8.68.